The number of halogens is 1. The monoisotopic (exact) mass is 400 g/mol. The van der Waals surface area contributed by atoms with Crippen LogP contribution in [0, 0.1) is 5.92 Å². The van der Waals surface area contributed by atoms with Crippen LogP contribution in [-0.2, 0) is 15.9 Å². The van der Waals surface area contributed by atoms with Crippen molar-refractivity contribution in [3.05, 3.63) is 22.7 Å². The molecular weight excluding hydrogens is 372 g/mol. The number of hydrogen-bond acceptors (Lipinski definition) is 6. The summed E-state index contributed by atoms with van der Waals surface area (Å²) in [5, 5.41) is 17.2. The number of carbonyl (C=O) groups is 1. The summed E-state index contributed by atoms with van der Waals surface area (Å²) in [5.74, 6) is 0.468. The number of anilines is 1. The van der Waals surface area contributed by atoms with Gasteiger partial charge in [0, 0.05) is 20.6 Å². The first-order valence-electron chi connectivity index (χ1n) is 9.06. The van der Waals surface area contributed by atoms with E-state index in [0.29, 0.717) is 23.6 Å². The molecule has 0 radical (unpaired) electrons. The van der Waals surface area contributed by atoms with Crippen LogP contribution in [0.2, 0.25) is 5.02 Å². The summed E-state index contributed by atoms with van der Waals surface area (Å²) in [5.41, 5.74) is 0.243. The summed E-state index contributed by atoms with van der Waals surface area (Å²) in [7, 11) is 4.89. The van der Waals surface area contributed by atoms with Crippen LogP contribution in [0.4, 0.5) is 10.5 Å². The molecule has 1 aliphatic rings. The molecule has 152 valence electrons. The first-order chi connectivity index (χ1) is 12.8. The lowest BCUT2D eigenvalue weighted by molar-refractivity contribution is -0.165. The Morgan fingerprint density at radius 3 is 2.74 bits per heavy atom. The summed E-state index contributed by atoms with van der Waals surface area (Å²) in [6, 6.07) is 3.81. The van der Waals surface area contributed by atoms with Gasteiger partial charge in [-0.15, -0.1) is 0 Å². The molecular formula is C19H29ClN2O5. The second kappa shape index (κ2) is 8.99. The quantitative estimate of drug-likeness (QED) is 0.621. The predicted molar refractivity (Wildman–Crippen MR) is 104 cm³/mol. The van der Waals surface area contributed by atoms with Gasteiger partial charge in [0.05, 0.1) is 12.8 Å². The number of methoxy groups -OCH3 is 2. The SMILES string of the molecule is CCC1C[C@](O)([C@H](OC)C(C)Cc2cc(NC)c(Cl)c(OC)c2)NC(=O)O1. The van der Waals surface area contributed by atoms with Gasteiger partial charge in [0.25, 0.3) is 0 Å². The molecule has 1 saturated heterocycles. The number of rotatable bonds is 8. The van der Waals surface area contributed by atoms with E-state index in [2.05, 4.69) is 10.6 Å². The number of ether oxygens (including phenoxy) is 3. The zero-order chi connectivity index (χ0) is 20.2. The summed E-state index contributed by atoms with van der Waals surface area (Å²) in [4.78, 5) is 11.9. The Morgan fingerprint density at radius 1 is 1.48 bits per heavy atom. The van der Waals surface area contributed by atoms with E-state index in [9.17, 15) is 9.90 Å². The average Bonchev–Trinajstić information content (AvgIpc) is 2.62. The molecule has 1 aromatic rings. The van der Waals surface area contributed by atoms with Gasteiger partial charge in [-0.1, -0.05) is 25.4 Å². The fourth-order valence-electron chi connectivity index (χ4n) is 3.69. The third-order valence-corrected chi connectivity index (χ3v) is 5.36. The zero-order valence-corrected chi connectivity index (χ0v) is 17.2. The molecule has 7 nitrogen and oxygen atoms in total. The predicted octanol–water partition coefficient (Wildman–Crippen LogP) is 3.18. The molecule has 27 heavy (non-hydrogen) atoms. The Hall–Kier alpha value is -1.70. The summed E-state index contributed by atoms with van der Waals surface area (Å²) in [6.07, 6.45) is -0.101. The van der Waals surface area contributed by atoms with Gasteiger partial charge < -0.3 is 24.6 Å². The van der Waals surface area contributed by atoms with E-state index in [1.54, 1.807) is 14.2 Å². The van der Waals surface area contributed by atoms with Crippen LogP contribution in [0.5, 0.6) is 5.75 Å². The second-order valence-corrected chi connectivity index (χ2v) is 7.31. The molecule has 1 fully saturated rings. The van der Waals surface area contributed by atoms with Crippen molar-refractivity contribution >= 4 is 23.4 Å². The molecule has 0 spiro atoms. The fraction of sp³-hybridized carbons (Fsp3) is 0.632. The van der Waals surface area contributed by atoms with Crippen molar-refractivity contribution < 1.29 is 24.1 Å². The van der Waals surface area contributed by atoms with E-state index in [4.69, 9.17) is 25.8 Å². The van der Waals surface area contributed by atoms with Crippen molar-refractivity contribution in [3.63, 3.8) is 0 Å². The number of carbonyl (C=O) groups excluding carboxylic acids is 1. The van der Waals surface area contributed by atoms with Gasteiger partial charge in [-0.05, 0) is 36.5 Å². The lowest BCUT2D eigenvalue weighted by atomic mass is 9.85. The standard InChI is InChI=1S/C19H29ClN2O5/c1-6-13-10-19(24,22-18(23)27-13)17(26-5)11(2)7-12-8-14(21-3)16(20)15(9-12)25-4/h8-9,11,13,17,21,24H,6-7,10H2,1-5H3,(H,22,23)/t11?,13?,17-,19+/m1/s1. The van der Waals surface area contributed by atoms with Crippen molar-refractivity contribution in [1.82, 2.24) is 5.32 Å². The Balaban J connectivity index is 2.24. The minimum atomic E-state index is -1.49. The third kappa shape index (κ3) is 4.78. The Morgan fingerprint density at radius 2 is 2.19 bits per heavy atom. The molecule has 1 amide bonds. The molecule has 1 heterocycles. The molecule has 1 aliphatic heterocycles. The third-order valence-electron chi connectivity index (χ3n) is 4.97. The molecule has 0 aromatic heterocycles. The van der Waals surface area contributed by atoms with Gasteiger partial charge in [-0.2, -0.15) is 0 Å². The number of nitrogens with one attached hydrogen (secondary N) is 2. The minimum absolute atomic E-state index is 0.105. The number of cyclic esters (lactones) is 1. The zero-order valence-electron chi connectivity index (χ0n) is 16.5. The summed E-state index contributed by atoms with van der Waals surface area (Å²) >= 11 is 6.29. The van der Waals surface area contributed by atoms with Crippen LogP contribution in [0.3, 0.4) is 0 Å². The van der Waals surface area contributed by atoms with Gasteiger partial charge in [0.2, 0.25) is 0 Å². The normalized spacial score (nSPS) is 24.6. The van der Waals surface area contributed by atoms with Gasteiger partial charge >= 0.3 is 6.09 Å². The van der Waals surface area contributed by atoms with E-state index >= 15 is 0 Å². The number of aliphatic hydroxyl groups is 1. The van der Waals surface area contributed by atoms with Crippen molar-refractivity contribution in [2.24, 2.45) is 5.92 Å². The maximum absolute atomic E-state index is 11.9. The molecule has 2 rings (SSSR count). The lowest BCUT2D eigenvalue weighted by Crippen LogP contribution is -2.64. The molecule has 1 aromatic carbocycles. The molecule has 0 aliphatic carbocycles. The average molecular weight is 401 g/mol. The molecule has 2 unspecified atom stereocenters. The Labute approximate surface area is 165 Å². The van der Waals surface area contributed by atoms with Crippen LogP contribution >= 0.6 is 11.6 Å². The first kappa shape index (κ1) is 21.6. The Kier molecular flexibility index (Phi) is 7.19. The van der Waals surface area contributed by atoms with Crippen molar-refractivity contribution in [3.8, 4) is 5.75 Å². The number of benzene rings is 1. The number of amides is 1. The highest BCUT2D eigenvalue weighted by molar-refractivity contribution is 6.34. The van der Waals surface area contributed by atoms with Crippen molar-refractivity contribution in [2.45, 2.75) is 51.0 Å². The topological polar surface area (TPSA) is 89.0 Å². The van der Waals surface area contributed by atoms with Crippen LogP contribution in [0.1, 0.15) is 32.3 Å². The van der Waals surface area contributed by atoms with Crippen LogP contribution < -0.4 is 15.4 Å². The molecule has 8 heteroatoms. The number of hydrogen-bond donors (Lipinski definition) is 3. The highest BCUT2D eigenvalue weighted by Crippen LogP contribution is 2.36. The Bertz CT molecular complexity index is 646. The number of alkyl carbamates (subject to hydrolysis) is 1. The fourth-order valence-corrected chi connectivity index (χ4v) is 3.97. The highest BCUT2D eigenvalue weighted by Gasteiger charge is 2.47. The lowest BCUT2D eigenvalue weighted by Gasteiger charge is -2.43. The van der Waals surface area contributed by atoms with Crippen molar-refractivity contribution in [1.29, 1.82) is 0 Å². The van der Waals surface area contributed by atoms with Crippen LogP contribution in [0.15, 0.2) is 12.1 Å². The van der Waals surface area contributed by atoms with Crippen molar-refractivity contribution in [2.75, 3.05) is 26.6 Å². The van der Waals surface area contributed by atoms with Crippen LogP contribution in [0.25, 0.3) is 0 Å². The van der Waals surface area contributed by atoms with E-state index in [-0.39, 0.29) is 18.4 Å². The molecule has 0 saturated carbocycles. The van der Waals surface area contributed by atoms with E-state index in [0.717, 1.165) is 11.3 Å². The second-order valence-electron chi connectivity index (χ2n) is 6.94. The maximum Gasteiger partial charge on any atom is 0.409 e. The maximum atomic E-state index is 11.9. The van der Waals surface area contributed by atoms with E-state index in [1.165, 1.54) is 7.11 Å². The minimum Gasteiger partial charge on any atom is -0.495 e. The first-order valence-corrected chi connectivity index (χ1v) is 9.43. The summed E-state index contributed by atoms with van der Waals surface area (Å²) < 4.78 is 16.2. The van der Waals surface area contributed by atoms with Gasteiger partial charge in [-0.25, -0.2) is 4.79 Å². The largest absolute Gasteiger partial charge is 0.495 e. The van der Waals surface area contributed by atoms with Gasteiger partial charge in [0.1, 0.15) is 23.0 Å². The van der Waals surface area contributed by atoms with E-state index in [1.807, 2.05) is 26.0 Å². The highest BCUT2D eigenvalue weighted by atomic mass is 35.5. The smallest absolute Gasteiger partial charge is 0.409 e. The van der Waals surface area contributed by atoms with E-state index < -0.39 is 17.9 Å². The van der Waals surface area contributed by atoms with Crippen LogP contribution in [-0.4, -0.2) is 50.4 Å². The van der Waals surface area contributed by atoms with Gasteiger partial charge in [-0.3, -0.25) is 5.32 Å². The molecule has 3 N–H and O–H groups in total. The van der Waals surface area contributed by atoms with Gasteiger partial charge in [0.15, 0.2) is 5.72 Å². The molecule has 4 atom stereocenters. The molecule has 0 bridgehead atoms. The summed E-state index contributed by atoms with van der Waals surface area (Å²) in [6.45, 7) is 3.88.